The zero-order chi connectivity index (χ0) is 15.4. The molecule has 0 saturated carbocycles. The molecule has 1 atom stereocenters. The van der Waals surface area contributed by atoms with Crippen LogP contribution in [0, 0.1) is 28.4 Å². The van der Waals surface area contributed by atoms with Gasteiger partial charge in [0, 0.05) is 22.2 Å². The molecule has 1 aromatic heterocycles. The van der Waals surface area contributed by atoms with Gasteiger partial charge in [0.15, 0.2) is 0 Å². The minimum atomic E-state index is -0.511. The first-order valence-electron chi connectivity index (χ1n) is 6.50. The van der Waals surface area contributed by atoms with Gasteiger partial charge in [-0.2, -0.15) is 5.26 Å². The number of hydrogen-bond acceptors (Lipinski definition) is 5. The van der Waals surface area contributed by atoms with Crippen LogP contribution in [0.4, 0.5) is 11.4 Å². The van der Waals surface area contributed by atoms with Crippen LogP contribution in [-0.4, -0.2) is 11.0 Å². The van der Waals surface area contributed by atoms with E-state index in [1.165, 1.54) is 15.8 Å². The summed E-state index contributed by atoms with van der Waals surface area (Å²) in [6, 6.07) is 10.8. The molecule has 0 aliphatic rings. The fraction of sp³-hybridized carbons (Fsp3) is 0.267. The zero-order valence-corrected chi connectivity index (χ0v) is 12.6. The van der Waals surface area contributed by atoms with Crippen molar-refractivity contribution in [2.75, 3.05) is 5.32 Å². The van der Waals surface area contributed by atoms with Crippen LogP contribution in [0.2, 0.25) is 0 Å². The molecule has 2 rings (SSSR count). The Labute approximate surface area is 127 Å². The topological polar surface area (TPSA) is 79.0 Å². The van der Waals surface area contributed by atoms with Crippen molar-refractivity contribution in [3.63, 3.8) is 0 Å². The Kier molecular flexibility index (Phi) is 4.55. The van der Waals surface area contributed by atoms with Gasteiger partial charge in [0.25, 0.3) is 0 Å². The van der Waals surface area contributed by atoms with Gasteiger partial charge in [-0.05, 0) is 38.1 Å². The summed E-state index contributed by atoms with van der Waals surface area (Å²) in [6.45, 7) is 4.02. The summed E-state index contributed by atoms with van der Waals surface area (Å²) in [6.07, 6.45) is 0.784. The maximum Gasteiger partial charge on any atom is 0.309 e. The smallest absolute Gasteiger partial charge is 0.309 e. The summed E-state index contributed by atoms with van der Waals surface area (Å²) in [7, 11) is 0. The largest absolute Gasteiger partial charge is 0.377 e. The van der Waals surface area contributed by atoms with E-state index in [0.29, 0.717) is 5.69 Å². The standard InChI is InChI=1S/C15H15N3O2S/c1-10(8-13-7-6-11(2)21-13)17-14-5-3-4-12(9-16)15(14)18(19)20/h3-7,10,17H,8H2,1-2H3. The highest BCUT2D eigenvalue weighted by Crippen LogP contribution is 2.29. The first-order chi connectivity index (χ1) is 10.0. The molecule has 0 saturated heterocycles. The van der Waals surface area contributed by atoms with Crippen molar-refractivity contribution in [2.24, 2.45) is 0 Å². The van der Waals surface area contributed by atoms with Gasteiger partial charge in [0.1, 0.15) is 17.3 Å². The van der Waals surface area contributed by atoms with Gasteiger partial charge in [0.2, 0.25) is 0 Å². The zero-order valence-electron chi connectivity index (χ0n) is 11.8. The maximum absolute atomic E-state index is 11.2. The molecule has 0 amide bonds. The molecule has 0 fully saturated rings. The lowest BCUT2D eigenvalue weighted by Crippen LogP contribution is -2.18. The van der Waals surface area contributed by atoms with Crippen LogP contribution < -0.4 is 5.32 Å². The van der Waals surface area contributed by atoms with E-state index >= 15 is 0 Å². The Morgan fingerprint density at radius 2 is 2.19 bits per heavy atom. The molecule has 2 aromatic rings. The normalized spacial score (nSPS) is 11.7. The SMILES string of the molecule is Cc1ccc(CC(C)Nc2cccc(C#N)c2[N+](=O)[O-])s1. The van der Waals surface area contributed by atoms with Gasteiger partial charge in [-0.3, -0.25) is 10.1 Å². The van der Waals surface area contributed by atoms with Crippen molar-refractivity contribution in [3.05, 3.63) is 55.8 Å². The summed E-state index contributed by atoms with van der Waals surface area (Å²) in [5.41, 5.74) is 0.304. The molecule has 0 aliphatic carbocycles. The molecule has 5 nitrogen and oxygen atoms in total. The van der Waals surface area contributed by atoms with E-state index in [1.54, 1.807) is 23.5 Å². The van der Waals surface area contributed by atoms with Gasteiger partial charge < -0.3 is 5.32 Å². The van der Waals surface area contributed by atoms with Crippen molar-refractivity contribution < 1.29 is 4.92 Å². The highest BCUT2D eigenvalue weighted by Gasteiger charge is 2.20. The molecule has 1 heterocycles. The predicted octanol–water partition coefficient (Wildman–Crippen LogP) is 3.88. The lowest BCUT2D eigenvalue weighted by molar-refractivity contribution is -0.384. The second-order valence-corrected chi connectivity index (χ2v) is 6.20. The van der Waals surface area contributed by atoms with E-state index in [4.69, 9.17) is 5.26 Å². The third-order valence-corrected chi connectivity index (χ3v) is 4.07. The molecule has 1 unspecified atom stereocenters. The highest BCUT2D eigenvalue weighted by molar-refractivity contribution is 7.11. The Balaban J connectivity index is 2.19. The van der Waals surface area contributed by atoms with Gasteiger partial charge in [-0.15, -0.1) is 11.3 Å². The monoisotopic (exact) mass is 301 g/mol. The molecule has 1 N–H and O–H groups in total. The summed E-state index contributed by atoms with van der Waals surface area (Å²) in [5.74, 6) is 0. The third kappa shape index (κ3) is 3.58. The summed E-state index contributed by atoms with van der Waals surface area (Å²) in [5, 5.41) is 23.3. The number of aryl methyl sites for hydroxylation is 1. The number of nitrogens with zero attached hydrogens (tertiary/aromatic N) is 2. The van der Waals surface area contributed by atoms with Crippen molar-refractivity contribution in [1.29, 1.82) is 5.26 Å². The molecular formula is C15H15N3O2S. The van der Waals surface area contributed by atoms with Crippen LogP contribution in [-0.2, 0) is 6.42 Å². The first-order valence-corrected chi connectivity index (χ1v) is 7.32. The van der Waals surface area contributed by atoms with E-state index in [0.717, 1.165) is 6.42 Å². The molecule has 0 aliphatic heterocycles. The molecule has 21 heavy (non-hydrogen) atoms. The van der Waals surface area contributed by atoms with Crippen LogP contribution in [0.25, 0.3) is 0 Å². The first kappa shape index (κ1) is 15.0. The second kappa shape index (κ2) is 6.37. The van der Waals surface area contributed by atoms with Crippen molar-refractivity contribution in [2.45, 2.75) is 26.3 Å². The van der Waals surface area contributed by atoms with Crippen LogP contribution in [0.3, 0.4) is 0 Å². The van der Waals surface area contributed by atoms with Crippen LogP contribution in [0.15, 0.2) is 30.3 Å². The Morgan fingerprint density at radius 1 is 1.43 bits per heavy atom. The van der Waals surface area contributed by atoms with E-state index in [-0.39, 0.29) is 17.3 Å². The van der Waals surface area contributed by atoms with Gasteiger partial charge in [-0.25, -0.2) is 0 Å². The number of thiophene rings is 1. The highest BCUT2D eigenvalue weighted by atomic mass is 32.1. The van der Waals surface area contributed by atoms with E-state index < -0.39 is 4.92 Å². The lowest BCUT2D eigenvalue weighted by Gasteiger charge is -2.14. The number of rotatable bonds is 5. The minimum absolute atomic E-state index is 0.0377. The molecule has 6 heteroatoms. The van der Waals surface area contributed by atoms with Crippen molar-refractivity contribution >= 4 is 22.7 Å². The fourth-order valence-corrected chi connectivity index (χ4v) is 3.18. The van der Waals surface area contributed by atoms with E-state index in [1.807, 2.05) is 19.9 Å². The number of nitro groups is 1. The summed E-state index contributed by atoms with van der Waals surface area (Å²) >= 11 is 1.72. The number of hydrogen-bond donors (Lipinski definition) is 1. The quantitative estimate of drug-likeness (QED) is 0.671. The van der Waals surface area contributed by atoms with Crippen molar-refractivity contribution in [1.82, 2.24) is 0 Å². The Morgan fingerprint density at radius 3 is 2.76 bits per heavy atom. The van der Waals surface area contributed by atoms with Gasteiger partial charge in [0.05, 0.1) is 4.92 Å². The molecule has 1 aromatic carbocycles. The molecule has 0 radical (unpaired) electrons. The van der Waals surface area contributed by atoms with E-state index in [9.17, 15) is 10.1 Å². The predicted molar refractivity (Wildman–Crippen MR) is 83.7 cm³/mol. The maximum atomic E-state index is 11.2. The summed E-state index contributed by atoms with van der Waals surface area (Å²) < 4.78 is 0. The number of anilines is 1. The second-order valence-electron chi connectivity index (χ2n) is 4.83. The molecular weight excluding hydrogens is 286 g/mol. The van der Waals surface area contributed by atoms with E-state index in [2.05, 4.69) is 17.4 Å². The fourth-order valence-electron chi connectivity index (χ4n) is 2.16. The number of nitriles is 1. The number of nitrogens with one attached hydrogen (secondary N) is 1. The van der Waals surface area contributed by atoms with Gasteiger partial charge in [-0.1, -0.05) is 6.07 Å². The Hall–Kier alpha value is -2.39. The number of para-hydroxylation sites is 1. The van der Waals surface area contributed by atoms with Gasteiger partial charge >= 0.3 is 5.69 Å². The Bertz CT molecular complexity index is 703. The van der Waals surface area contributed by atoms with Crippen LogP contribution >= 0.6 is 11.3 Å². The van der Waals surface area contributed by atoms with Crippen LogP contribution in [0.5, 0.6) is 0 Å². The van der Waals surface area contributed by atoms with Crippen LogP contribution in [0.1, 0.15) is 22.2 Å². The minimum Gasteiger partial charge on any atom is -0.377 e. The molecule has 0 bridgehead atoms. The lowest BCUT2D eigenvalue weighted by atomic mass is 10.1. The third-order valence-electron chi connectivity index (χ3n) is 3.04. The number of benzene rings is 1. The number of nitro benzene ring substituents is 1. The molecule has 0 spiro atoms. The molecule has 108 valence electrons. The average molecular weight is 301 g/mol. The summed E-state index contributed by atoms with van der Waals surface area (Å²) in [4.78, 5) is 13.1. The van der Waals surface area contributed by atoms with Crippen molar-refractivity contribution in [3.8, 4) is 6.07 Å². The average Bonchev–Trinajstić information content (AvgIpc) is 2.83.